The van der Waals surface area contributed by atoms with Gasteiger partial charge in [0.2, 0.25) is 17.7 Å². The normalized spacial score (nSPS) is 16.1. The molecule has 4 atom stereocenters. The molecule has 3 amide bonds. The number of rotatable bonds is 9. The monoisotopic (exact) mass is 332 g/mol. The van der Waals surface area contributed by atoms with Crippen molar-refractivity contribution in [2.24, 2.45) is 17.4 Å². The number of carbonyl (C=O) groups is 4. The average molecular weight is 332 g/mol. The van der Waals surface area contributed by atoms with Crippen LogP contribution in [0.1, 0.15) is 27.2 Å². The summed E-state index contributed by atoms with van der Waals surface area (Å²) in [6, 6.07) is -3.89. The molecular weight excluding hydrogens is 308 g/mol. The van der Waals surface area contributed by atoms with Gasteiger partial charge in [0.25, 0.3) is 0 Å². The maximum absolute atomic E-state index is 12.1. The van der Waals surface area contributed by atoms with E-state index in [1.165, 1.54) is 6.92 Å². The molecule has 4 unspecified atom stereocenters. The minimum atomic E-state index is -1.59. The van der Waals surface area contributed by atoms with Gasteiger partial charge in [0.15, 0.2) is 6.04 Å². The average Bonchev–Trinajstić information content (AvgIpc) is 2.41. The number of aliphatic carboxylic acids is 1. The zero-order valence-corrected chi connectivity index (χ0v) is 13.3. The second kappa shape index (κ2) is 9.06. The Labute approximate surface area is 133 Å². The Kier molecular flexibility index (Phi) is 8.19. The number of primary amides is 1. The van der Waals surface area contributed by atoms with Crippen molar-refractivity contribution in [3.63, 3.8) is 0 Å². The van der Waals surface area contributed by atoms with Crippen molar-refractivity contribution in [3.05, 3.63) is 0 Å². The first-order chi connectivity index (χ1) is 10.5. The van der Waals surface area contributed by atoms with Gasteiger partial charge in [-0.3, -0.25) is 14.4 Å². The maximum atomic E-state index is 12.1. The quantitative estimate of drug-likeness (QED) is 0.265. The molecule has 0 spiro atoms. The molecule has 23 heavy (non-hydrogen) atoms. The molecule has 0 saturated heterocycles. The van der Waals surface area contributed by atoms with Crippen LogP contribution in [0.2, 0.25) is 0 Å². The molecule has 0 aromatic heterocycles. The molecule has 10 nitrogen and oxygen atoms in total. The predicted molar refractivity (Wildman–Crippen MR) is 79.8 cm³/mol. The smallest absolute Gasteiger partial charge is 0.328 e. The number of carboxylic acids is 1. The largest absolute Gasteiger partial charge is 0.480 e. The SMILES string of the molecule is CC(C)C(N)C(=O)NC(CC(N)=O)C(=O)NC(C(=O)O)C(C)O. The van der Waals surface area contributed by atoms with E-state index in [1.54, 1.807) is 13.8 Å². The van der Waals surface area contributed by atoms with Gasteiger partial charge in [-0.2, -0.15) is 0 Å². The third-order valence-corrected chi connectivity index (χ3v) is 3.11. The number of carboxylic acid groups (broad SMARTS) is 1. The highest BCUT2D eigenvalue weighted by atomic mass is 16.4. The standard InChI is InChI=1S/C13H24N4O6/c1-5(2)9(15)12(21)16-7(4-8(14)19)11(20)17-10(6(3)18)13(22)23/h5-7,9-10,18H,4,15H2,1-3H3,(H2,14,19)(H,16,21)(H,17,20)(H,22,23). The number of amides is 3. The summed E-state index contributed by atoms with van der Waals surface area (Å²) in [4.78, 5) is 46.0. The van der Waals surface area contributed by atoms with Crippen LogP contribution in [-0.4, -0.2) is 58.1 Å². The summed E-state index contributed by atoms with van der Waals surface area (Å²) in [5, 5.41) is 22.6. The Morgan fingerprint density at radius 3 is 1.91 bits per heavy atom. The Morgan fingerprint density at radius 1 is 1.04 bits per heavy atom. The number of nitrogens with one attached hydrogen (secondary N) is 2. The highest BCUT2D eigenvalue weighted by Gasteiger charge is 2.31. The number of aliphatic hydroxyl groups is 1. The zero-order chi connectivity index (χ0) is 18.3. The topological polar surface area (TPSA) is 185 Å². The lowest BCUT2D eigenvalue weighted by molar-refractivity contribution is -0.145. The van der Waals surface area contributed by atoms with E-state index in [0.717, 1.165) is 0 Å². The first-order valence-electron chi connectivity index (χ1n) is 7.02. The Balaban J connectivity index is 5.09. The van der Waals surface area contributed by atoms with Crippen molar-refractivity contribution >= 4 is 23.7 Å². The Bertz CT molecular complexity index is 465. The van der Waals surface area contributed by atoms with Crippen LogP contribution in [0.4, 0.5) is 0 Å². The molecule has 0 aromatic rings. The first-order valence-corrected chi connectivity index (χ1v) is 7.02. The van der Waals surface area contributed by atoms with Crippen LogP contribution < -0.4 is 22.1 Å². The van der Waals surface area contributed by atoms with Crippen molar-refractivity contribution in [1.29, 1.82) is 0 Å². The summed E-state index contributed by atoms with van der Waals surface area (Å²) >= 11 is 0. The third kappa shape index (κ3) is 7.06. The van der Waals surface area contributed by atoms with Crippen LogP contribution >= 0.6 is 0 Å². The van der Waals surface area contributed by atoms with Gasteiger partial charge in [0.1, 0.15) is 6.04 Å². The van der Waals surface area contributed by atoms with E-state index in [9.17, 15) is 24.3 Å². The third-order valence-electron chi connectivity index (χ3n) is 3.11. The minimum absolute atomic E-state index is 0.212. The molecule has 0 fully saturated rings. The molecule has 0 aromatic carbocycles. The first kappa shape index (κ1) is 20.8. The number of aliphatic hydroxyl groups excluding tert-OH is 1. The van der Waals surface area contributed by atoms with Gasteiger partial charge in [-0.05, 0) is 12.8 Å². The molecule has 0 aliphatic rings. The summed E-state index contributed by atoms with van der Waals surface area (Å²) in [6.45, 7) is 4.57. The molecule has 132 valence electrons. The molecule has 0 rings (SSSR count). The second-order valence-electron chi connectivity index (χ2n) is 5.57. The molecule has 8 N–H and O–H groups in total. The summed E-state index contributed by atoms with van der Waals surface area (Å²) in [5.74, 6) is -4.17. The van der Waals surface area contributed by atoms with E-state index in [0.29, 0.717) is 0 Å². The predicted octanol–water partition coefficient (Wildman–Crippen LogP) is -2.72. The van der Waals surface area contributed by atoms with E-state index in [2.05, 4.69) is 5.32 Å². The van der Waals surface area contributed by atoms with Crippen molar-refractivity contribution in [2.45, 2.75) is 51.4 Å². The zero-order valence-electron chi connectivity index (χ0n) is 13.3. The molecule has 0 heterocycles. The molecule has 0 radical (unpaired) electrons. The van der Waals surface area contributed by atoms with Gasteiger partial charge >= 0.3 is 5.97 Å². The van der Waals surface area contributed by atoms with Gasteiger partial charge in [0.05, 0.1) is 18.6 Å². The lowest BCUT2D eigenvalue weighted by atomic mass is 10.0. The van der Waals surface area contributed by atoms with Crippen LogP contribution in [0.3, 0.4) is 0 Å². The molecule has 0 saturated carbocycles. The van der Waals surface area contributed by atoms with Crippen molar-refractivity contribution in [2.75, 3.05) is 0 Å². The number of hydrogen-bond donors (Lipinski definition) is 6. The Morgan fingerprint density at radius 2 is 1.57 bits per heavy atom. The lowest BCUT2D eigenvalue weighted by Gasteiger charge is -2.24. The summed E-state index contributed by atoms with van der Waals surface area (Å²) in [7, 11) is 0. The highest BCUT2D eigenvalue weighted by molar-refractivity contribution is 5.94. The number of carbonyl (C=O) groups excluding carboxylic acids is 3. The van der Waals surface area contributed by atoms with Gasteiger partial charge < -0.3 is 32.3 Å². The lowest BCUT2D eigenvalue weighted by Crippen LogP contribution is -2.57. The summed E-state index contributed by atoms with van der Waals surface area (Å²) in [5.41, 5.74) is 10.7. The van der Waals surface area contributed by atoms with Gasteiger partial charge in [-0.1, -0.05) is 13.8 Å². The number of hydrogen-bond acceptors (Lipinski definition) is 6. The van der Waals surface area contributed by atoms with Crippen LogP contribution in [-0.2, 0) is 19.2 Å². The van der Waals surface area contributed by atoms with Crippen molar-refractivity contribution < 1.29 is 29.4 Å². The van der Waals surface area contributed by atoms with E-state index in [1.807, 2.05) is 5.32 Å². The van der Waals surface area contributed by atoms with Gasteiger partial charge in [0, 0.05) is 0 Å². The molecular formula is C13H24N4O6. The Hall–Kier alpha value is -2.20. The fourth-order valence-electron chi connectivity index (χ4n) is 1.62. The van der Waals surface area contributed by atoms with Crippen molar-refractivity contribution in [3.8, 4) is 0 Å². The molecule has 0 bridgehead atoms. The summed E-state index contributed by atoms with van der Waals surface area (Å²) in [6.07, 6.45) is -1.91. The van der Waals surface area contributed by atoms with Crippen LogP contribution in [0, 0.1) is 5.92 Å². The molecule has 0 aliphatic heterocycles. The summed E-state index contributed by atoms with van der Waals surface area (Å²) < 4.78 is 0. The second-order valence-corrected chi connectivity index (χ2v) is 5.57. The van der Waals surface area contributed by atoms with E-state index in [4.69, 9.17) is 16.6 Å². The molecule has 0 aliphatic carbocycles. The van der Waals surface area contributed by atoms with E-state index >= 15 is 0 Å². The fraction of sp³-hybridized carbons (Fsp3) is 0.692. The number of nitrogens with two attached hydrogens (primary N) is 2. The van der Waals surface area contributed by atoms with Crippen molar-refractivity contribution in [1.82, 2.24) is 10.6 Å². The maximum Gasteiger partial charge on any atom is 0.328 e. The molecule has 10 heteroatoms. The fourth-order valence-corrected chi connectivity index (χ4v) is 1.62. The minimum Gasteiger partial charge on any atom is -0.480 e. The van der Waals surface area contributed by atoms with E-state index in [-0.39, 0.29) is 5.92 Å². The van der Waals surface area contributed by atoms with Crippen LogP contribution in [0.15, 0.2) is 0 Å². The van der Waals surface area contributed by atoms with Gasteiger partial charge in [-0.15, -0.1) is 0 Å². The van der Waals surface area contributed by atoms with Gasteiger partial charge in [-0.25, -0.2) is 4.79 Å². The van der Waals surface area contributed by atoms with E-state index < -0.39 is 54.3 Å². The highest BCUT2D eigenvalue weighted by Crippen LogP contribution is 2.02. The van der Waals surface area contributed by atoms with Crippen LogP contribution in [0.25, 0.3) is 0 Å². The van der Waals surface area contributed by atoms with Crippen LogP contribution in [0.5, 0.6) is 0 Å².